The zero-order valence-corrected chi connectivity index (χ0v) is 9.64. The molecule has 7 heteroatoms. The molecule has 0 amide bonds. The summed E-state index contributed by atoms with van der Waals surface area (Å²) in [5.74, 6) is 0. The van der Waals surface area contributed by atoms with Gasteiger partial charge in [0.2, 0.25) is 0 Å². The Morgan fingerprint density at radius 2 is 2.44 bits per heavy atom. The molecule has 3 rings (SSSR count). The molecule has 96 valence electrons. The Labute approximate surface area is 101 Å². The first-order chi connectivity index (χ1) is 8.63. The molecule has 1 aliphatic rings. The second kappa shape index (κ2) is 3.88. The van der Waals surface area contributed by atoms with Crippen molar-refractivity contribution in [3.63, 3.8) is 0 Å². The summed E-state index contributed by atoms with van der Waals surface area (Å²) >= 11 is 0. The van der Waals surface area contributed by atoms with Gasteiger partial charge in [-0.25, -0.2) is 14.4 Å². The molecule has 0 aromatic carbocycles. The van der Waals surface area contributed by atoms with E-state index >= 15 is 0 Å². The Morgan fingerprint density at radius 1 is 1.61 bits per heavy atom. The van der Waals surface area contributed by atoms with Crippen LogP contribution in [0.5, 0.6) is 0 Å². The lowest BCUT2D eigenvalue weighted by molar-refractivity contribution is 0.0741. The van der Waals surface area contributed by atoms with Crippen LogP contribution in [0, 0.1) is 0 Å². The Kier molecular flexibility index (Phi) is 2.44. The van der Waals surface area contributed by atoms with E-state index in [2.05, 4.69) is 15.0 Å². The summed E-state index contributed by atoms with van der Waals surface area (Å²) in [6.07, 6.45) is 3.98. The maximum Gasteiger partial charge on any atom is 0.278 e. The highest BCUT2D eigenvalue weighted by Crippen LogP contribution is 2.40. The molecule has 18 heavy (non-hydrogen) atoms. The lowest BCUT2D eigenvalue weighted by atomic mass is 10.1. The number of imidazole rings is 1. The molecule has 2 aromatic rings. The van der Waals surface area contributed by atoms with Gasteiger partial charge in [0.05, 0.1) is 19.3 Å². The summed E-state index contributed by atoms with van der Waals surface area (Å²) in [5, 5.41) is 9.03. The average molecular weight is 252 g/mol. The molecule has 2 heterocycles. The topological polar surface area (TPSA) is 83.8 Å². The van der Waals surface area contributed by atoms with E-state index in [-0.39, 0.29) is 23.5 Å². The second-order valence-corrected chi connectivity index (χ2v) is 4.76. The van der Waals surface area contributed by atoms with Crippen molar-refractivity contribution >= 4 is 11.2 Å². The molecular weight excluding hydrogens is 239 g/mol. The lowest BCUT2D eigenvalue weighted by Crippen LogP contribution is -2.24. The first kappa shape index (κ1) is 11.3. The minimum atomic E-state index is -1.53. The number of aliphatic hydroxyl groups excluding tert-OH is 1. The Hall–Kier alpha value is -1.76. The number of rotatable bonds is 2. The number of fused-ring (bicyclic) bond motifs is 1. The normalized spacial score (nSPS) is 28.0. The van der Waals surface area contributed by atoms with Crippen molar-refractivity contribution in [3.8, 4) is 0 Å². The van der Waals surface area contributed by atoms with Crippen LogP contribution in [0.1, 0.15) is 25.3 Å². The van der Waals surface area contributed by atoms with Gasteiger partial charge in [-0.2, -0.15) is 0 Å². The van der Waals surface area contributed by atoms with Gasteiger partial charge in [-0.15, -0.1) is 0 Å². The van der Waals surface area contributed by atoms with E-state index in [0.29, 0.717) is 18.5 Å². The maximum atomic E-state index is 14.0. The molecule has 6 nitrogen and oxygen atoms in total. The fourth-order valence-electron chi connectivity index (χ4n) is 2.56. The highest BCUT2D eigenvalue weighted by Gasteiger charge is 2.40. The molecule has 2 unspecified atom stereocenters. The van der Waals surface area contributed by atoms with E-state index in [1.165, 1.54) is 12.7 Å². The fourth-order valence-corrected chi connectivity index (χ4v) is 2.56. The molecule has 0 spiro atoms. The van der Waals surface area contributed by atoms with Crippen LogP contribution >= 0.6 is 0 Å². The van der Waals surface area contributed by atoms with Crippen LogP contribution in [0.25, 0.3) is 11.2 Å². The van der Waals surface area contributed by atoms with Gasteiger partial charge in [-0.1, -0.05) is 0 Å². The number of aromatic nitrogens is 4. The third-order valence-corrected chi connectivity index (χ3v) is 3.57. The molecule has 0 radical (unpaired) electrons. The molecule has 1 saturated carbocycles. The Balaban J connectivity index is 2.02. The summed E-state index contributed by atoms with van der Waals surface area (Å²) in [5.41, 5.74) is -1.10. The SMILES string of the molecule is O=c1[nH]cnc2c1ncn2C1CCC(F)(CO)C1. The van der Waals surface area contributed by atoms with Crippen LogP contribution < -0.4 is 5.56 Å². The van der Waals surface area contributed by atoms with Gasteiger partial charge < -0.3 is 14.7 Å². The van der Waals surface area contributed by atoms with Crippen molar-refractivity contribution in [3.05, 3.63) is 23.0 Å². The lowest BCUT2D eigenvalue weighted by Gasteiger charge is -2.16. The number of H-pyrrole nitrogens is 1. The fraction of sp³-hybridized carbons (Fsp3) is 0.545. The highest BCUT2D eigenvalue weighted by atomic mass is 19.1. The predicted octanol–water partition coefficient (Wildman–Crippen LogP) is 0.545. The van der Waals surface area contributed by atoms with Crippen LogP contribution in [0.2, 0.25) is 0 Å². The smallest absolute Gasteiger partial charge is 0.278 e. The number of halogens is 1. The van der Waals surface area contributed by atoms with Crippen molar-refractivity contribution in [2.24, 2.45) is 0 Å². The predicted molar refractivity (Wildman–Crippen MR) is 62.0 cm³/mol. The molecule has 0 saturated heterocycles. The summed E-state index contributed by atoms with van der Waals surface area (Å²) in [7, 11) is 0. The monoisotopic (exact) mass is 252 g/mol. The molecule has 0 aliphatic heterocycles. The highest BCUT2D eigenvalue weighted by molar-refractivity contribution is 5.68. The van der Waals surface area contributed by atoms with Gasteiger partial charge in [0.1, 0.15) is 5.67 Å². The van der Waals surface area contributed by atoms with Crippen molar-refractivity contribution < 1.29 is 9.50 Å². The molecule has 0 bridgehead atoms. The van der Waals surface area contributed by atoms with E-state index in [4.69, 9.17) is 5.11 Å². The summed E-state index contributed by atoms with van der Waals surface area (Å²) < 4.78 is 15.7. The van der Waals surface area contributed by atoms with E-state index < -0.39 is 12.3 Å². The van der Waals surface area contributed by atoms with Gasteiger partial charge in [0.15, 0.2) is 11.2 Å². The zero-order valence-electron chi connectivity index (χ0n) is 9.64. The van der Waals surface area contributed by atoms with Crippen LogP contribution in [0.4, 0.5) is 4.39 Å². The first-order valence-electron chi connectivity index (χ1n) is 5.83. The molecule has 1 aliphatic carbocycles. The number of nitrogens with one attached hydrogen (secondary N) is 1. The van der Waals surface area contributed by atoms with Crippen molar-refractivity contribution in [2.45, 2.75) is 31.0 Å². The number of aliphatic hydroxyl groups is 1. The van der Waals surface area contributed by atoms with Crippen molar-refractivity contribution in [1.29, 1.82) is 0 Å². The summed E-state index contributed by atoms with van der Waals surface area (Å²) in [6, 6.07) is -0.110. The Morgan fingerprint density at radius 3 is 3.17 bits per heavy atom. The quantitative estimate of drug-likeness (QED) is 0.817. The minimum absolute atomic E-state index is 0.110. The largest absolute Gasteiger partial charge is 0.393 e. The van der Waals surface area contributed by atoms with E-state index in [0.717, 1.165) is 0 Å². The summed E-state index contributed by atoms with van der Waals surface area (Å²) in [6.45, 7) is -0.468. The zero-order chi connectivity index (χ0) is 12.8. The van der Waals surface area contributed by atoms with E-state index in [1.54, 1.807) is 4.57 Å². The van der Waals surface area contributed by atoms with Crippen LogP contribution in [0.3, 0.4) is 0 Å². The third-order valence-electron chi connectivity index (χ3n) is 3.57. The van der Waals surface area contributed by atoms with Crippen molar-refractivity contribution in [1.82, 2.24) is 19.5 Å². The molecule has 2 atom stereocenters. The number of alkyl halides is 1. The minimum Gasteiger partial charge on any atom is -0.393 e. The number of nitrogens with zero attached hydrogens (tertiary/aromatic N) is 3. The first-order valence-corrected chi connectivity index (χ1v) is 5.83. The second-order valence-electron chi connectivity index (χ2n) is 4.76. The Bertz CT molecular complexity index is 637. The number of hydrogen-bond donors (Lipinski definition) is 2. The van der Waals surface area contributed by atoms with Crippen LogP contribution in [-0.4, -0.2) is 36.9 Å². The van der Waals surface area contributed by atoms with Crippen LogP contribution in [-0.2, 0) is 0 Å². The van der Waals surface area contributed by atoms with Gasteiger partial charge in [-0.3, -0.25) is 4.79 Å². The van der Waals surface area contributed by atoms with Crippen molar-refractivity contribution in [2.75, 3.05) is 6.61 Å². The van der Waals surface area contributed by atoms with Gasteiger partial charge in [0.25, 0.3) is 5.56 Å². The summed E-state index contributed by atoms with van der Waals surface area (Å²) in [4.78, 5) is 22.0. The molecule has 1 fully saturated rings. The molecular formula is C11H13FN4O2. The van der Waals surface area contributed by atoms with Gasteiger partial charge >= 0.3 is 0 Å². The number of aromatic amines is 1. The standard InChI is InChI=1S/C11H13FN4O2/c12-11(4-17)2-1-7(3-11)16-6-15-8-9(16)13-5-14-10(8)18/h5-7,17H,1-4H2,(H,13,14,18). The van der Waals surface area contributed by atoms with E-state index in [9.17, 15) is 9.18 Å². The molecule has 2 N–H and O–H groups in total. The van der Waals surface area contributed by atoms with Gasteiger partial charge in [0, 0.05) is 12.5 Å². The maximum absolute atomic E-state index is 14.0. The molecule has 2 aromatic heterocycles. The van der Waals surface area contributed by atoms with Gasteiger partial charge in [-0.05, 0) is 12.8 Å². The van der Waals surface area contributed by atoms with E-state index in [1.807, 2.05) is 0 Å². The van der Waals surface area contributed by atoms with Crippen LogP contribution in [0.15, 0.2) is 17.4 Å². The third kappa shape index (κ3) is 1.62. The number of hydrogen-bond acceptors (Lipinski definition) is 4. The average Bonchev–Trinajstić information content (AvgIpc) is 2.94.